The fourth-order valence-corrected chi connectivity index (χ4v) is 0.976. The number of pyridine rings is 1. The van der Waals surface area contributed by atoms with Crippen LogP contribution in [0.1, 0.15) is 17.0 Å². The molecule has 1 aromatic heterocycles. The fourth-order valence-electron chi connectivity index (χ4n) is 0.976. The minimum Gasteiger partial charge on any atom is -0.264 e. The van der Waals surface area contributed by atoms with Gasteiger partial charge in [-0.2, -0.15) is 10.5 Å². The number of rotatable bonds is 1. The molecule has 1 aromatic rings. The van der Waals surface area contributed by atoms with Gasteiger partial charge in [0.2, 0.25) is 0 Å². The Bertz CT molecular complexity index is 343. The smallest absolute Gasteiger partial charge is 0.158 e. The van der Waals surface area contributed by atoms with Crippen molar-refractivity contribution < 1.29 is 0 Å². The lowest BCUT2D eigenvalue weighted by molar-refractivity contribution is 1.06. The molecule has 0 N–H and O–H groups in total. The number of aryl methyl sites for hydroxylation is 1. The SMILES string of the molecule is Cc1cnccc1C(C#N)C#N. The van der Waals surface area contributed by atoms with Crippen molar-refractivity contribution in [1.82, 2.24) is 4.98 Å². The predicted octanol–water partition coefficient (Wildman–Crippen LogP) is 1.52. The van der Waals surface area contributed by atoms with Crippen molar-refractivity contribution in [3.8, 4) is 12.1 Å². The molecule has 0 aromatic carbocycles. The standard InChI is InChI=1S/C9H7N3/c1-7-6-12-3-2-9(7)8(4-10)5-11/h2-3,6,8H,1H3. The Kier molecular flexibility index (Phi) is 2.40. The van der Waals surface area contributed by atoms with Crippen molar-refractivity contribution in [2.24, 2.45) is 0 Å². The first-order valence-electron chi connectivity index (χ1n) is 3.49. The number of hydrogen-bond acceptors (Lipinski definition) is 3. The van der Waals surface area contributed by atoms with E-state index in [1.807, 2.05) is 19.1 Å². The van der Waals surface area contributed by atoms with E-state index in [9.17, 15) is 0 Å². The van der Waals surface area contributed by atoms with Crippen LogP contribution in [0.15, 0.2) is 18.5 Å². The Hall–Kier alpha value is -1.87. The molecule has 0 saturated carbocycles. The molecule has 0 saturated heterocycles. The Morgan fingerprint density at radius 3 is 2.58 bits per heavy atom. The molecular weight excluding hydrogens is 150 g/mol. The van der Waals surface area contributed by atoms with Crippen LogP contribution in [0.25, 0.3) is 0 Å². The third-order valence-electron chi connectivity index (χ3n) is 1.63. The molecule has 0 bridgehead atoms. The highest BCUT2D eigenvalue weighted by Crippen LogP contribution is 2.16. The van der Waals surface area contributed by atoms with Crippen molar-refractivity contribution in [2.75, 3.05) is 0 Å². The molecule has 0 fully saturated rings. The van der Waals surface area contributed by atoms with Gasteiger partial charge in [0.1, 0.15) is 0 Å². The Balaban J connectivity index is 3.13. The zero-order valence-electron chi connectivity index (χ0n) is 6.65. The van der Waals surface area contributed by atoms with Gasteiger partial charge >= 0.3 is 0 Å². The van der Waals surface area contributed by atoms with Crippen molar-refractivity contribution in [2.45, 2.75) is 12.8 Å². The van der Waals surface area contributed by atoms with Gasteiger partial charge in [-0.1, -0.05) is 0 Å². The summed E-state index contributed by atoms with van der Waals surface area (Å²) in [5, 5.41) is 17.2. The first-order chi connectivity index (χ1) is 5.79. The van der Waals surface area contributed by atoms with Crippen molar-refractivity contribution in [3.63, 3.8) is 0 Å². The highest BCUT2D eigenvalue weighted by Gasteiger charge is 2.10. The number of hydrogen-bond donors (Lipinski definition) is 0. The maximum absolute atomic E-state index is 8.61. The second-order valence-electron chi connectivity index (χ2n) is 2.42. The van der Waals surface area contributed by atoms with E-state index < -0.39 is 5.92 Å². The van der Waals surface area contributed by atoms with E-state index in [0.29, 0.717) is 0 Å². The van der Waals surface area contributed by atoms with Crippen LogP contribution in [0.4, 0.5) is 0 Å². The van der Waals surface area contributed by atoms with Gasteiger partial charge in [-0.15, -0.1) is 0 Å². The summed E-state index contributed by atoms with van der Waals surface area (Å²) >= 11 is 0. The van der Waals surface area contributed by atoms with Crippen LogP contribution in [-0.2, 0) is 0 Å². The molecular formula is C9H7N3. The molecule has 0 aliphatic heterocycles. The van der Waals surface area contributed by atoms with E-state index in [2.05, 4.69) is 4.98 Å². The predicted molar refractivity (Wildman–Crippen MR) is 42.9 cm³/mol. The maximum Gasteiger partial charge on any atom is 0.158 e. The molecule has 1 rings (SSSR count). The summed E-state index contributed by atoms with van der Waals surface area (Å²) in [4.78, 5) is 3.88. The summed E-state index contributed by atoms with van der Waals surface area (Å²) < 4.78 is 0. The summed E-state index contributed by atoms with van der Waals surface area (Å²) in [7, 11) is 0. The van der Waals surface area contributed by atoms with Crippen LogP contribution >= 0.6 is 0 Å². The zero-order chi connectivity index (χ0) is 8.97. The minimum absolute atomic E-state index is 0.673. The van der Waals surface area contributed by atoms with Gasteiger partial charge < -0.3 is 0 Å². The van der Waals surface area contributed by atoms with Gasteiger partial charge in [-0.3, -0.25) is 4.98 Å². The minimum atomic E-state index is -0.673. The highest BCUT2D eigenvalue weighted by atomic mass is 14.6. The monoisotopic (exact) mass is 157 g/mol. The van der Waals surface area contributed by atoms with Crippen LogP contribution in [0.3, 0.4) is 0 Å². The summed E-state index contributed by atoms with van der Waals surface area (Å²) in [5.41, 5.74) is 1.63. The maximum atomic E-state index is 8.61. The van der Waals surface area contributed by atoms with Crippen LogP contribution < -0.4 is 0 Å². The van der Waals surface area contributed by atoms with E-state index in [1.165, 1.54) is 0 Å². The molecule has 0 radical (unpaired) electrons. The lowest BCUT2D eigenvalue weighted by Crippen LogP contribution is -1.95. The number of nitrogens with zero attached hydrogens (tertiary/aromatic N) is 3. The van der Waals surface area contributed by atoms with Crippen LogP contribution in [0.2, 0.25) is 0 Å². The fraction of sp³-hybridized carbons (Fsp3) is 0.222. The summed E-state index contributed by atoms with van der Waals surface area (Å²) in [6.07, 6.45) is 3.24. The molecule has 1 heterocycles. The van der Waals surface area contributed by atoms with Crippen LogP contribution in [-0.4, -0.2) is 4.98 Å². The number of aromatic nitrogens is 1. The largest absolute Gasteiger partial charge is 0.264 e. The van der Waals surface area contributed by atoms with E-state index in [0.717, 1.165) is 11.1 Å². The van der Waals surface area contributed by atoms with Gasteiger partial charge in [0.25, 0.3) is 0 Å². The van der Waals surface area contributed by atoms with E-state index >= 15 is 0 Å². The summed E-state index contributed by atoms with van der Waals surface area (Å²) in [5.74, 6) is -0.673. The zero-order valence-corrected chi connectivity index (χ0v) is 6.65. The van der Waals surface area contributed by atoms with Crippen molar-refractivity contribution in [3.05, 3.63) is 29.6 Å². The van der Waals surface area contributed by atoms with Gasteiger partial charge in [-0.05, 0) is 24.1 Å². The molecule has 58 valence electrons. The normalized spacial score (nSPS) is 9.00. The van der Waals surface area contributed by atoms with E-state index in [-0.39, 0.29) is 0 Å². The van der Waals surface area contributed by atoms with Crippen molar-refractivity contribution in [1.29, 1.82) is 10.5 Å². The molecule has 0 amide bonds. The van der Waals surface area contributed by atoms with E-state index in [1.54, 1.807) is 18.5 Å². The molecule has 0 atom stereocenters. The molecule has 0 aliphatic carbocycles. The van der Waals surface area contributed by atoms with Gasteiger partial charge in [0.05, 0.1) is 12.1 Å². The second kappa shape index (κ2) is 3.50. The lowest BCUT2D eigenvalue weighted by atomic mass is 9.99. The number of nitriles is 2. The average Bonchev–Trinajstić information content (AvgIpc) is 2.10. The van der Waals surface area contributed by atoms with Crippen LogP contribution in [0, 0.1) is 29.6 Å². The molecule has 0 aliphatic rings. The first kappa shape index (κ1) is 8.23. The summed E-state index contributed by atoms with van der Waals surface area (Å²) in [6.45, 7) is 1.84. The van der Waals surface area contributed by atoms with Crippen LogP contribution in [0.5, 0.6) is 0 Å². The third kappa shape index (κ3) is 1.41. The third-order valence-corrected chi connectivity index (χ3v) is 1.63. The van der Waals surface area contributed by atoms with Crippen molar-refractivity contribution >= 4 is 0 Å². The summed E-state index contributed by atoms with van der Waals surface area (Å²) in [6, 6.07) is 5.54. The lowest BCUT2D eigenvalue weighted by Gasteiger charge is -2.02. The first-order valence-corrected chi connectivity index (χ1v) is 3.49. The molecule has 12 heavy (non-hydrogen) atoms. The Morgan fingerprint density at radius 1 is 1.42 bits per heavy atom. The van der Waals surface area contributed by atoms with Gasteiger partial charge in [0, 0.05) is 12.4 Å². The highest BCUT2D eigenvalue weighted by molar-refractivity contribution is 5.35. The average molecular weight is 157 g/mol. The van der Waals surface area contributed by atoms with Gasteiger partial charge in [0.15, 0.2) is 5.92 Å². The molecule has 3 heteroatoms. The Labute approximate surface area is 70.9 Å². The van der Waals surface area contributed by atoms with E-state index in [4.69, 9.17) is 10.5 Å². The second-order valence-corrected chi connectivity index (χ2v) is 2.42. The molecule has 0 unspecified atom stereocenters. The molecule has 0 spiro atoms. The Morgan fingerprint density at radius 2 is 2.08 bits per heavy atom. The molecule has 3 nitrogen and oxygen atoms in total. The quantitative estimate of drug-likeness (QED) is 0.620. The van der Waals surface area contributed by atoms with Gasteiger partial charge in [-0.25, -0.2) is 0 Å². The topological polar surface area (TPSA) is 60.5 Å².